The van der Waals surface area contributed by atoms with Crippen molar-refractivity contribution in [3.63, 3.8) is 0 Å². The Labute approximate surface area is 241 Å². The van der Waals surface area contributed by atoms with Crippen LogP contribution in [0.25, 0.3) is 0 Å². The zero-order valence-electron chi connectivity index (χ0n) is 24.4. The van der Waals surface area contributed by atoms with E-state index < -0.39 is 41.7 Å². The zero-order chi connectivity index (χ0) is 31.4. The zero-order valence-corrected chi connectivity index (χ0v) is 24.4. The molecule has 1 saturated heterocycles. The average molecular weight is 603 g/mol. The molecule has 1 aliphatic carbocycles. The van der Waals surface area contributed by atoms with Gasteiger partial charge in [-0.15, -0.1) is 0 Å². The second kappa shape index (κ2) is 11.2. The molecule has 1 N–H and O–H groups in total. The minimum Gasteiger partial charge on any atom is -0.494 e. The normalized spacial score (nSPS) is 25.1. The van der Waals surface area contributed by atoms with Crippen molar-refractivity contribution < 1.29 is 45.8 Å². The highest BCUT2D eigenvalue weighted by Gasteiger charge is 2.45. The van der Waals surface area contributed by atoms with Gasteiger partial charge in [-0.2, -0.15) is 26.3 Å². The summed E-state index contributed by atoms with van der Waals surface area (Å²) in [6.45, 7) is 9.62. The van der Waals surface area contributed by atoms with Gasteiger partial charge in [0, 0.05) is 6.54 Å². The number of cyclic esters (lactones) is 1. The van der Waals surface area contributed by atoms with Crippen LogP contribution in [-0.4, -0.2) is 47.0 Å². The maximum atomic E-state index is 13.5. The van der Waals surface area contributed by atoms with E-state index in [0.717, 1.165) is 17.6 Å². The molecule has 0 bridgehead atoms. The summed E-state index contributed by atoms with van der Waals surface area (Å²) < 4.78 is 92.1. The Bertz CT molecular complexity index is 1280. The molecule has 1 unspecified atom stereocenters. The molecule has 1 fully saturated rings. The van der Waals surface area contributed by atoms with Gasteiger partial charge in [0.05, 0.1) is 30.3 Å². The number of allylic oxidation sites excluding steroid dienone is 2. The van der Waals surface area contributed by atoms with Crippen molar-refractivity contribution in [2.24, 2.45) is 11.3 Å². The number of hydrogen-bond acceptors (Lipinski definition) is 5. The number of ether oxygens (including phenoxy) is 2. The summed E-state index contributed by atoms with van der Waals surface area (Å²) in [4.78, 5) is 14.4. The van der Waals surface area contributed by atoms with Crippen LogP contribution in [0.3, 0.4) is 0 Å². The maximum Gasteiger partial charge on any atom is 0.416 e. The van der Waals surface area contributed by atoms with Gasteiger partial charge in [-0.25, -0.2) is 9.86 Å². The molecule has 1 aromatic rings. The molecule has 1 amide bonds. The first-order valence-electron chi connectivity index (χ1n) is 13.8. The second-order valence-corrected chi connectivity index (χ2v) is 12.3. The van der Waals surface area contributed by atoms with Gasteiger partial charge in [-0.3, -0.25) is 10.1 Å². The number of nitrogens with zero attached hydrogens (tertiary/aromatic N) is 2. The number of carbonyl (C=O) groups excluding carboxylic acids is 1. The number of hydrogen-bond donors (Lipinski definition) is 1. The van der Waals surface area contributed by atoms with Gasteiger partial charge in [-0.1, -0.05) is 33.8 Å². The lowest BCUT2D eigenvalue weighted by Crippen LogP contribution is -2.40. The van der Waals surface area contributed by atoms with Crippen molar-refractivity contribution >= 4 is 6.09 Å². The molecule has 232 valence electrons. The Morgan fingerprint density at radius 2 is 1.69 bits per heavy atom. The number of hydroxylamine groups is 2. The largest absolute Gasteiger partial charge is 0.494 e. The van der Waals surface area contributed by atoms with Crippen molar-refractivity contribution in [2.75, 3.05) is 13.7 Å². The second-order valence-electron chi connectivity index (χ2n) is 12.3. The fourth-order valence-electron chi connectivity index (χ4n) is 5.92. The highest BCUT2D eigenvalue weighted by molar-refractivity contribution is 5.71. The minimum absolute atomic E-state index is 0.0186. The Morgan fingerprint density at radius 1 is 1.10 bits per heavy atom. The molecule has 2 heterocycles. The third kappa shape index (κ3) is 6.28. The number of carbonyl (C=O) groups is 1. The van der Waals surface area contributed by atoms with E-state index in [1.54, 1.807) is 6.08 Å². The van der Waals surface area contributed by atoms with E-state index in [-0.39, 0.29) is 35.5 Å². The Kier molecular flexibility index (Phi) is 8.45. The molecule has 0 radical (unpaired) electrons. The van der Waals surface area contributed by atoms with Crippen molar-refractivity contribution in [1.82, 2.24) is 9.96 Å². The summed E-state index contributed by atoms with van der Waals surface area (Å²) in [6, 6.07) is 0.0418. The van der Waals surface area contributed by atoms with Gasteiger partial charge in [-0.05, 0) is 78.5 Å². The fraction of sp³-hybridized carbons (Fsp3) is 0.567. The maximum absolute atomic E-state index is 13.5. The Hall–Kier alpha value is -3.15. The lowest BCUT2D eigenvalue weighted by Gasteiger charge is -2.40. The quantitative estimate of drug-likeness (QED) is 0.332. The van der Waals surface area contributed by atoms with Crippen LogP contribution >= 0.6 is 0 Å². The molecule has 0 spiro atoms. The average Bonchev–Trinajstić information content (AvgIpc) is 3.15. The minimum atomic E-state index is -5.03. The topological polar surface area (TPSA) is 62.2 Å². The van der Waals surface area contributed by atoms with Crippen molar-refractivity contribution in [3.05, 3.63) is 69.6 Å². The molecule has 3 atom stereocenters. The van der Waals surface area contributed by atoms with Crippen LogP contribution in [0.15, 0.2) is 53.0 Å². The summed E-state index contributed by atoms with van der Waals surface area (Å²) in [6.07, 6.45) is -6.74. The number of alkyl halides is 6. The number of amides is 1. The smallest absolute Gasteiger partial charge is 0.416 e. The first-order valence-corrected chi connectivity index (χ1v) is 13.8. The van der Waals surface area contributed by atoms with Crippen LogP contribution in [0.4, 0.5) is 31.1 Å². The summed E-state index contributed by atoms with van der Waals surface area (Å²) in [5.41, 5.74) is -1.43. The number of rotatable bonds is 6. The highest BCUT2D eigenvalue weighted by atomic mass is 19.4. The molecule has 42 heavy (non-hydrogen) atoms. The molecule has 2 aliphatic heterocycles. The number of benzene rings is 1. The van der Waals surface area contributed by atoms with E-state index in [1.165, 1.54) is 24.0 Å². The van der Waals surface area contributed by atoms with Crippen LogP contribution < -0.4 is 0 Å². The van der Waals surface area contributed by atoms with Crippen molar-refractivity contribution in [2.45, 2.75) is 84.4 Å². The van der Waals surface area contributed by atoms with Crippen LogP contribution in [-0.2, 0) is 21.8 Å². The van der Waals surface area contributed by atoms with Gasteiger partial charge in [0.2, 0.25) is 0 Å². The first kappa shape index (κ1) is 31.8. The van der Waals surface area contributed by atoms with E-state index in [4.69, 9.17) is 9.47 Å². The summed E-state index contributed by atoms with van der Waals surface area (Å²) in [5, 5.41) is 12.4. The Balaban J connectivity index is 1.74. The Morgan fingerprint density at radius 3 is 2.21 bits per heavy atom. The van der Waals surface area contributed by atoms with Crippen molar-refractivity contribution in [1.29, 1.82) is 0 Å². The van der Waals surface area contributed by atoms with Crippen molar-refractivity contribution in [3.8, 4) is 0 Å². The van der Waals surface area contributed by atoms with E-state index in [0.29, 0.717) is 36.4 Å². The lowest BCUT2D eigenvalue weighted by molar-refractivity contribution is -0.143. The monoisotopic (exact) mass is 602 g/mol. The van der Waals surface area contributed by atoms with Gasteiger partial charge in [0.25, 0.3) is 0 Å². The van der Waals surface area contributed by atoms with E-state index in [1.807, 2.05) is 19.9 Å². The van der Waals surface area contributed by atoms with E-state index in [9.17, 15) is 36.3 Å². The predicted molar refractivity (Wildman–Crippen MR) is 142 cm³/mol. The van der Waals surface area contributed by atoms with E-state index >= 15 is 0 Å². The number of halogens is 6. The fourth-order valence-corrected chi connectivity index (χ4v) is 5.92. The third-order valence-electron chi connectivity index (χ3n) is 8.24. The molecular weight excluding hydrogens is 566 g/mol. The van der Waals surface area contributed by atoms with Crippen LogP contribution in [0.1, 0.15) is 76.7 Å². The van der Waals surface area contributed by atoms with Gasteiger partial charge in [0.15, 0.2) is 0 Å². The molecule has 1 aromatic carbocycles. The van der Waals surface area contributed by atoms with Gasteiger partial charge >= 0.3 is 18.4 Å². The number of methoxy groups -OCH3 is 1. The van der Waals surface area contributed by atoms with Crippen LogP contribution in [0.2, 0.25) is 0 Å². The SMILES string of the molecule is COC1=C(C2=C(CN3C(=O)O[C@H](c4cc(C(F)(F)F)cc(C(F)(F)F)c4)[C@@H]3C)CC(C)(C)CC2)N(O)C(C(C)C)C=C1. The molecule has 0 saturated carbocycles. The summed E-state index contributed by atoms with van der Waals surface area (Å²) in [7, 11) is 1.49. The third-order valence-corrected chi connectivity index (χ3v) is 8.24. The molecule has 6 nitrogen and oxygen atoms in total. The summed E-state index contributed by atoms with van der Waals surface area (Å²) in [5.74, 6) is 0.507. The van der Waals surface area contributed by atoms with Crippen LogP contribution in [0, 0.1) is 11.3 Å². The molecule has 12 heteroatoms. The van der Waals surface area contributed by atoms with Crippen LogP contribution in [0.5, 0.6) is 0 Å². The van der Waals surface area contributed by atoms with E-state index in [2.05, 4.69) is 13.8 Å². The molecule has 4 rings (SSSR count). The highest BCUT2D eigenvalue weighted by Crippen LogP contribution is 2.46. The first-order chi connectivity index (χ1) is 19.3. The molecule has 3 aliphatic rings. The molecule has 0 aromatic heterocycles. The summed E-state index contributed by atoms with van der Waals surface area (Å²) >= 11 is 0. The van der Waals surface area contributed by atoms with Gasteiger partial charge < -0.3 is 9.47 Å². The predicted octanol–water partition coefficient (Wildman–Crippen LogP) is 8.26. The standard InChI is InChI=1S/C30H36F6N2O4/c1-16(2)23-7-8-24(41-6)25(38(23)40)22-9-10-28(4,5)14-19(22)15-37-17(3)26(42-27(37)39)18-11-20(29(31,32)33)13-21(12-18)30(34,35)36/h7-8,11-13,16-17,23,26,40H,9-10,14-15H2,1-6H3/t17-,23?,26-/m0/s1. The van der Waals surface area contributed by atoms with Gasteiger partial charge in [0.1, 0.15) is 17.6 Å². The molecular formula is C30H36F6N2O4. The lowest BCUT2D eigenvalue weighted by atomic mass is 9.73.